The van der Waals surface area contributed by atoms with Gasteiger partial charge in [0.1, 0.15) is 10.6 Å². The lowest BCUT2D eigenvalue weighted by Crippen LogP contribution is -2.38. The molecule has 17 heavy (non-hydrogen) atoms. The van der Waals surface area contributed by atoms with E-state index in [2.05, 4.69) is 5.32 Å². The monoisotopic (exact) mass is 276 g/mol. The Morgan fingerprint density at radius 2 is 2.41 bits per heavy atom. The van der Waals surface area contributed by atoms with E-state index in [1.54, 1.807) is 13.2 Å². The summed E-state index contributed by atoms with van der Waals surface area (Å²) in [5.41, 5.74) is 5.91. The van der Waals surface area contributed by atoms with E-state index in [1.165, 1.54) is 24.2 Å². The van der Waals surface area contributed by atoms with Gasteiger partial charge in [-0.1, -0.05) is 0 Å². The zero-order valence-electron chi connectivity index (χ0n) is 9.64. The van der Waals surface area contributed by atoms with Crippen LogP contribution in [0.4, 0.5) is 0 Å². The summed E-state index contributed by atoms with van der Waals surface area (Å²) in [6.07, 6.45) is 2.39. The van der Waals surface area contributed by atoms with Crippen molar-refractivity contribution < 1.29 is 9.53 Å². The zero-order valence-corrected chi connectivity index (χ0v) is 11.3. The van der Waals surface area contributed by atoms with Crippen molar-refractivity contribution in [3.8, 4) is 5.75 Å². The first-order valence-electron chi connectivity index (χ1n) is 5.37. The molecule has 96 valence electrons. The number of carbonyl (C=O) groups excluding carboxylic acids is 1. The van der Waals surface area contributed by atoms with Gasteiger partial charge in [-0.15, -0.1) is 23.7 Å². The molecule has 0 aromatic carbocycles. The number of hydrogen-bond acceptors (Lipinski definition) is 4. The minimum absolute atomic E-state index is 0. The molecule has 0 aliphatic heterocycles. The number of nitrogens with two attached hydrogens (primary N) is 1. The third kappa shape index (κ3) is 3.59. The molecule has 0 bridgehead atoms. The second-order valence-electron chi connectivity index (χ2n) is 4.03. The molecule has 1 aliphatic rings. The molecule has 1 aromatic heterocycles. The van der Waals surface area contributed by atoms with Gasteiger partial charge in [0.05, 0.1) is 7.11 Å². The van der Waals surface area contributed by atoms with Crippen molar-refractivity contribution in [3.63, 3.8) is 0 Å². The van der Waals surface area contributed by atoms with Gasteiger partial charge in [0.25, 0.3) is 5.91 Å². The molecule has 1 atom stereocenters. The van der Waals surface area contributed by atoms with Crippen molar-refractivity contribution in [1.29, 1.82) is 0 Å². The summed E-state index contributed by atoms with van der Waals surface area (Å²) in [5.74, 6) is 1.14. The van der Waals surface area contributed by atoms with Gasteiger partial charge in [0, 0.05) is 12.6 Å². The Bertz CT molecular complexity index is 379. The van der Waals surface area contributed by atoms with Gasteiger partial charge in [-0.05, 0) is 30.2 Å². The Labute approximate surface area is 111 Å². The number of halogens is 1. The van der Waals surface area contributed by atoms with Crippen LogP contribution in [0.5, 0.6) is 5.75 Å². The molecule has 1 amide bonds. The maximum atomic E-state index is 11.8. The van der Waals surface area contributed by atoms with E-state index in [-0.39, 0.29) is 24.4 Å². The van der Waals surface area contributed by atoms with E-state index in [9.17, 15) is 4.79 Å². The average Bonchev–Trinajstić information content (AvgIpc) is 3.03. The predicted octanol–water partition coefficient (Wildman–Crippen LogP) is 1.65. The largest absolute Gasteiger partial charge is 0.495 e. The molecule has 2 rings (SSSR count). The number of rotatable bonds is 5. The van der Waals surface area contributed by atoms with Gasteiger partial charge in [0.2, 0.25) is 0 Å². The fourth-order valence-corrected chi connectivity index (χ4v) is 2.38. The highest BCUT2D eigenvalue weighted by molar-refractivity contribution is 7.12. The molecule has 1 fully saturated rings. The molecule has 0 saturated heterocycles. The first-order valence-corrected chi connectivity index (χ1v) is 6.25. The summed E-state index contributed by atoms with van der Waals surface area (Å²) in [5, 5.41) is 4.69. The highest BCUT2D eigenvalue weighted by atomic mass is 35.5. The standard InChI is InChI=1S/C11H16N2O2S.ClH/c1-15-9-4-5-16-10(9)11(14)13-6-8(12)7-2-3-7;/h4-5,7-8H,2-3,6,12H2,1H3,(H,13,14);1H. The highest BCUT2D eigenvalue weighted by Crippen LogP contribution is 2.31. The summed E-state index contributed by atoms with van der Waals surface area (Å²) in [4.78, 5) is 12.4. The van der Waals surface area contributed by atoms with Crippen molar-refractivity contribution in [2.45, 2.75) is 18.9 Å². The van der Waals surface area contributed by atoms with Crippen LogP contribution in [0, 0.1) is 5.92 Å². The lowest BCUT2D eigenvalue weighted by atomic mass is 10.2. The van der Waals surface area contributed by atoms with Crippen molar-refractivity contribution >= 4 is 29.7 Å². The second-order valence-corrected chi connectivity index (χ2v) is 4.95. The lowest BCUT2D eigenvalue weighted by Gasteiger charge is -2.11. The first kappa shape index (κ1) is 14.3. The fourth-order valence-electron chi connectivity index (χ4n) is 1.61. The van der Waals surface area contributed by atoms with Crippen LogP contribution in [-0.2, 0) is 0 Å². The van der Waals surface area contributed by atoms with E-state index in [4.69, 9.17) is 10.5 Å². The molecule has 1 aromatic rings. The van der Waals surface area contributed by atoms with E-state index in [0.29, 0.717) is 23.1 Å². The van der Waals surface area contributed by atoms with Gasteiger partial charge in [-0.3, -0.25) is 4.79 Å². The molecule has 1 heterocycles. The van der Waals surface area contributed by atoms with Crippen LogP contribution in [0.15, 0.2) is 11.4 Å². The Hall–Kier alpha value is -0.780. The quantitative estimate of drug-likeness (QED) is 0.859. The third-order valence-corrected chi connectivity index (χ3v) is 3.68. The van der Waals surface area contributed by atoms with Gasteiger partial charge in [-0.2, -0.15) is 0 Å². The number of carbonyl (C=O) groups is 1. The molecule has 1 unspecified atom stereocenters. The highest BCUT2D eigenvalue weighted by Gasteiger charge is 2.28. The van der Waals surface area contributed by atoms with Gasteiger partial charge in [0.15, 0.2) is 0 Å². The number of ether oxygens (including phenoxy) is 1. The Kier molecular flexibility index (Phi) is 5.24. The number of amides is 1. The minimum atomic E-state index is -0.0945. The van der Waals surface area contributed by atoms with Crippen LogP contribution in [0.1, 0.15) is 22.5 Å². The third-order valence-electron chi connectivity index (χ3n) is 2.78. The smallest absolute Gasteiger partial charge is 0.265 e. The molecule has 4 nitrogen and oxygen atoms in total. The summed E-state index contributed by atoms with van der Waals surface area (Å²) in [6.45, 7) is 0.546. The van der Waals surface area contributed by atoms with E-state index in [0.717, 1.165) is 0 Å². The molecular weight excluding hydrogens is 260 g/mol. The molecule has 3 N–H and O–H groups in total. The van der Waals surface area contributed by atoms with Crippen LogP contribution in [0.3, 0.4) is 0 Å². The van der Waals surface area contributed by atoms with Crippen molar-refractivity contribution in [2.24, 2.45) is 11.7 Å². The number of nitrogens with one attached hydrogen (secondary N) is 1. The van der Waals surface area contributed by atoms with Crippen LogP contribution in [0.25, 0.3) is 0 Å². The summed E-state index contributed by atoms with van der Waals surface area (Å²) in [6, 6.07) is 1.88. The second kappa shape index (κ2) is 6.23. The van der Waals surface area contributed by atoms with Crippen molar-refractivity contribution in [2.75, 3.05) is 13.7 Å². The fraction of sp³-hybridized carbons (Fsp3) is 0.545. The van der Waals surface area contributed by atoms with Gasteiger partial charge >= 0.3 is 0 Å². The lowest BCUT2D eigenvalue weighted by molar-refractivity contribution is 0.0951. The van der Waals surface area contributed by atoms with E-state index < -0.39 is 0 Å². The first-order chi connectivity index (χ1) is 7.72. The normalized spacial score (nSPS) is 15.9. The number of thiophene rings is 1. The zero-order chi connectivity index (χ0) is 11.5. The maximum Gasteiger partial charge on any atom is 0.265 e. The molecule has 0 radical (unpaired) electrons. The minimum Gasteiger partial charge on any atom is -0.495 e. The Balaban J connectivity index is 0.00000144. The molecule has 1 aliphatic carbocycles. The number of methoxy groups -OCH3 is 1. The van der Waals surface area contributed by atoms with Crippen LogP contribution in [-0.4, -0.2) is 25.6 Å². The summed E-state index contributed by atoms with van der Waals surface area (Å²) >= 11 is 1.38. The number of hydrogen-bond donors (Lipinski definition) is 2. The topological polar surface area (TPSA) is 64.3 Å². The molecule has 0 spiro atoms. The van der Waals surface area contributed by atoms with Gasteiger partial charge < -0.3 is 15.8 Å². The van der Waals surface area contributed by atoms with Gasteiger partial charge in [-0.25, -0.2) is 0 Å². The van der Waals surface area contributed by atoms with Crippen molar-refractivity contribution in [1.82, 2.24) is 5.32 Å². The average molecular weight is 277 g/mol. The SMILES string of the molecule is COc1ccsc1C(=O)NCC(N)C1CC1.Cl. The summed E-state index contributed by atoms with van der Waals surface area (Å²) in [7, 11) is 1.56. The predicted molar refractivity (Wildman–Crippen MR) is 71.2 cm³/mol. The maximum absolute atomic E-state index is 11.8. The molecule has 1 saturated carbocycles. The Morgan fingerprint density at radius 1 is 1.71 bits per heavy atom. The van der Waals surface area contributed by atoms with Crippen LogP contribution < -0.4 is 15.8 Å². The van der Waals surface area contributed by atoms with E-state index >= 15 is 0 Å². The van der Waals surface area contributed by atoms with E-state index in [1.807, 2.05) is 5.38 Å². The Morgan fingerprint density at radius 3 is 3.00 bits per heavy atom. The van der Waals surface area contributed by atoms with Crippen LogP contribution >= 0.6 is 23.7 Å². The molecular formula is C11H17ClN2O2S. The summed E-state index contributed by atoms with van der Waals surface area (Å²) < 4.78 is 5.09. The van der Waals surface area contributed by atoms with Crippen LogP contribution in [0.2, 0.25) is 0 Å². The molecule has 6 heteroatoms. The van der Waals surface area contributed by atoms with Crippen molar-refractivity contribution in [3.05, 3.63) is 16.3 Å².